The van der Waals surface area contributed by atoms with Crippen LogP contribution in [0.25, 0.3) is 0 Å². The van der Waals surface area contributed by atoms with Gasteiger partial charge in [0.25, 0.3) is 0 Å². The fraction of sp³-hybridized carbons (Fsp3) is 0.333. The maximum absolute atomic E-state index is 10.7. The maximum atomic E-state index is 10.7. The largest absolute Gasteiger partial charge is 0.478 e. The van der Waals surface area contributed by atoms with E-state index in [1.807, 2.05) is 12.1 Å². The highest BCUT2D eigenvalue weighted by Gasteiger charge is 2.25. The molecule has 0 fully saturated rings. The SMILES string of the molecule is C[N+]1(C)CCC(c2ccc(C(=O)O)cc2)=N1. The van der Waals surface area contributed by atoms with Crippen LogP contribution in [0.2, 0.25) is 0 Å². The first-order valence-corrected chi connectivity index (χ1v) is 5.24. The Kier molecular flexibility index (Phi) is 2.52. The minimum absolute atomic E-state index is 0.316. The van der Waals surface area contributed by atoms with Crippen molar-refractivity contribution >= 4 is 11.7 Å². The molecule has 4 heteroatoms. The predicted octanol–water partition coefficient (Wildman–Crippen LogP) is 1.57. The van der Waals surface area contributed by atoms with Crippen LogP contribution >= 0.6 is 0 Å². The van der Waals surface area contributed by atoms with E-state index in [0.29, 0.717) is 10.2 Å². The first-order chi connectivity index (χ1) is 7.48. The molecule has 1 aliphatic heterocycles. The number of quaternary nitrogens is 1. The number of carboxylic acids is 1. The molecular formula is C12H15N2O2+. The molecule has 0 bridgehead atoms. The van der Waals surface area contributed by atoms with Crippen molar-refractivity contribution in [2.24, 2.45) is 5.10 Å². The minimum atomic E-state index is -0.893. The molecule has 0 saturated heterocycles. The van der Waals surface area contributed by atoms with Crippen molar-refractivity contribution < 1.29 is 14.5 Å². The Morgan fingerprint density at radius 3 is 2.38 bits per heavy atom. The van der Waals surface area contributed by atoms with Crippen molar-refractivity contribution in [1.82, 2.24) is 0 Å². The van der Waals surface area contributed by atoms with E-state index in [9.17, 15) is 4.79 Å². The molecule has 0 amide bonds. The number of carbonyl (C=O) groups is 1. The lowest BCUT2D eigenvalue weighted by Crippen LogP contribution is -2.29. The molecule has 0 unspecified atom stereocenters. The van der Waals surface area contributed by atoms with Crippen molar-refractivity contribution in [3.63, 3.8) is 0 Å². The third kappa shape index (κ3) is 2.12. The van der Waals surface area contributed by atoms with Crippen LogP contribution < -0.4 is 0 Å². The van der Waals surface area contributed by atoms with Gasteiger partial charge in [0.05, 0.1) is 19.7 Å². The van der Waals surface area contributed by atoms with Crippen LogP contribution in [0, 0.1) is 0 Å². The highest BCUT2D eigenvalue weighted by Crippen LogP contribution is 2.17. The fourth-order valence-electron chi connectivity index (χ4n) is 1.81. The molecule has 0 spiro atoms. The molecule has 0 aromatic heterocycles. The number of hydrogen-bond acceptors (Lipinski definition) is 2. The summed E-state index contributed by atoms with van der Waals surface area (Å²) in [5.74, 6) is -0.893. The second kappa shape index (κ2) is 3.72. The molecule has 0 saturated carbocycles. The third-order valence-electron chi connectivity index (χ3n) is 2.75. The Morgan fingerprint density at radius 2 is 1.94 bits per heavy atom. The van der Waals surface area contributed by atoms with E-state index in [4.69, 9.17) is 5.11 Å². The predicted molar refractivity (Wildman–Crippen MR) is 61.5 cm³/mol. The molecule has 84 valence electrons. The van der Waals surface area contributed by atoms with Crippen molar-refractivity contribution in [1.29, 1.82) is 0 Å². The number of carboxylic acid groups (broad SMARTS) is 1. The quantitative estimate of drug-likeness (QED) is 0.767. The Morgan fingerprint density at radius 1 is 1.31 bits per heavy atom. The lowest BCUT2D eigenvalue weighted by Gasteiger charge is -2.15. The number of aromatic carboxylic acids is 1. The molecule has 4 nitrogen and oxygen atoms in total. The van der Waals surface area contributed by atoms with Gasteiger partial charge in [-0.05, 0) is 12.1 Å². The number of benzene rings is 1. The van der Waals surface area contributed by atoms with Gasteiger partial charge in [0.2, 0.25) is 0 Å². The van der Waals surface area contributed by atoms with Gasteiger partial charge in [-0.2, -0.15) is 0 Å². The van der Waals surface area contributed by atoms with E-state index in [0.717, 1.165) is 24.2 Å². The Labute approximate surface area is 94.4 Å². The maximum Gasteiger partial charge on any atom is 0.335 e. The van der Waals surface area contributed by atoms with Crippen LogP contribution in [0.1, 0.15) is 22.3 Å². The highest BCUT2D eigenvalue weighted by molar-refractivity contribution is 6.01. The summed E-state index contributed by atoms with van der Waals surface area (Å²) in [6, 6.07) is 6.90. The highest BCUT2D eigenvalue weighted by atomic mass is 16.4. The van der Waals surface area contributed by atoms with E-state index in [-0.39, 0.29) is 0 Å². The van der Waals surface area contributed by atoms with Crippen LogP contribution in [-0.2, 0) is 0 Å². The van der Waals surface area contributed by atoms with Crippen LogP contribution in [0.5, 0.6) is 0 Å². The summed E-state index contributed by atoms with van der Waals surface area (Å²) in [6.45, 7) is 0.996. The lowest BCUT2D eigenvalue weighted by molar-refractivity contribution is -0.890. The van der Waals surface area contributed by atoms with Gasteiger partial charge in [-0.3, -0.25) is 0 Å². The van der Waals surface area contributed by atoms with Crippen LogP contribution in [0.3, 0.4) is 0 Å². The molecule has 16 heavy (non-hydrogen) atoms. The summed E-state index contributed by atoms with van der Waals surface area (Å²) in [6.07, 6.45) is 0.944. The Bertz CT molecular complexity index is 447. The second-order valence-corrected chi connectivity index (χ2v) is 4.52. The van der Waals surface area contributed by atoms with Gasteiger partial charge in [0.1, 0.15) is 12.3 Å². The van der Waals surface area contributed by atoms with Gasteiger partial charge in [-0.25, -0.2) is 9.39 Å². The minimum Gasteiger partial charge on any atom is -0.478 e. The van der Waals surface area contributed by atoms with Crippen LogP contribution in [0.4, 0.5) is 0 Å². The molecule has 2 rings (SSSR count). The smallest absolute Gasteiger partial charge is 0.335 e. The summed E-state index contributed by atoms with van der Waals surface area (Å²) in [4.78, 5) is 10.7. The fourth-order valence-corrected chi connectivity index (χ4v) is 1.81. The van der Waals surface area contributed by atoms with E-state index >= 15 is 0 Å². The van der Waals surface area contributed by atoms with E-state index in [2.05, 4.69) is 19.2 Å². The van der Waals surface area contributed by atoms with E-state index in [1.165, 1.54) is 0 Å². The van der Waals surface area contributed by atoms with Gasteiger partial charge in [-0.1, -0.05) is 17.2 Å². The monoisotopic (exact) mass is 219 g/mol. The van der Waals surface area contributed by atoms with Crippen LogP contribution in [0.15, 0.2) is 29.4 Å². The standard InChI is InChI=1S/C12H14N2O2/c1-14(2)8-7-11(13-14)9-3-5-10(6-4-9)12(15)16/h3-6H,7-8H2,1-2H3/p+1. The van der Waals surface area contributed by atoms with Gasteiger partial charge >= 0.3 is 5.97 Å². The number of rotatable bonds is 2. The van der Waals surface area contributed by atoms with E-state index < -0.39 is 5.97 Å². The summed E-state index contributed by atoms with van der Waals surface area (Å²) >= 11 is 0. The normalized spacial score (nSPS) is 18.2. The van der Waals surface area contributed by atoms with Crippen molar-refractivity contribution in [3.05, 3.63) is 35.4 Å². The van der Waals surface area contributed by atoms with Crippen molar-refractivity contribution in [3.8, 4) is 0 Å². The van der Waals surface area contributed by atoms with Crippen molar-refractivity contribution in [2.75, 3.05) is 20.6 Å². The van der Waals surface area contributed by atoms with Crippen LogP contribution in [-0.4, -0.2) is 42.0 Å². The zero-order valence-electron chi connectivity index (χ0n) is 9.47. The first kappa shape index (κ1) is 10.8. The lowest BCUT2D eigenvalue weighted by atomic mass is 10.1. The topological polar surface area (TPSA) is 49.7 Å². The second-order valence-electron chi connectivity index (χ2n) is 4.52. The van der Waals surface area contributed by atoms with Gasteiger partial charge in [0.15, 0.2) is 0 Å². The molecule has 0 aliphatic carbocycles. The Balaban J connectivity index is 2.27. The Hall–Kier alpha value is -1.68. The summed E-state index contributed by atoms with van der Waals surface area (Å²) in [5.41, 5.74) is 2.40. The molecule has 1 aliphatic rings. The molecule has 1 aromatic carbocycles. The van der Waals surface area contributed by atoms with Gasteiger partial charge in [0, 0.05) is 12.0 Å². The molecule has 1 heterocycles. The first-order valence-electron chi connectivity index (χ1n) is 5.24. The number of hydrogen-bond donors (Lipinski definition) is 1. The summed E-state index contributed by atoms with van der Waals surface area (Å²) in [7, 11) is 4.11. The zero-order chi connectivity index (χ0) is 11.8. The third-order valence-corrected chi connectivity index (χ3v) is 2.75. The molecule has 0 atom stereocenters. The van der Waals surface area contributed by atoms with Crippen molar-refractivity contribution in [2.45, 2.75) is 6.42 Å². The van der Waals surface area contributed by atoms with Gasteiger partial charge < -0.3 is 5.11 Å². The zero-order valence-corrected chi connectivity index (χ0v) is 9.47. The molecule has 0 radical (unpaired) electrons. The molecule has 1 N–H and O–H groups in total. The van der Waals surface area contributed by atoms with Gasteiger partial charge in [-0.15, -0.1) is 0 Å². The average molecular weight is 219 g/mol. The summed E-state index contributed by atoms with van der Waals surface area (Å²) in [5, 5.41) is 13.4. The van der Waals surface area contributed by atoms with E-state index in [1.54, 1.807) is 12.1 Å². The molecular weight excluding hydrogens is 204 g/mol. The average Bonchev–Trinajstić information content (AvgIpc) is 2.59. The molecule has 1 aromatic rings. The summed E-state index contributed by atoms with van der Waals surface area (Å²) < 4.78 is 0.649. The number of nitrogens with zero attached hydrogens (tertiary/aromatic N) is 2.